The van der Waals surface area contributed by atoms with E-state index in [4.69, 9.17) is 18.9 Å². The van der Waals surface area contributed by atoms with Crippen molar-refractivity contribution in [1.82, 2.24) is 4.98 Å². The Balaban J connectivity index is 2.36. The number of pyridine rings is 1. The summed E-state index contributed by atoms with van der Waals surface area (Å²) in [6.45, 7) is 0. The number of ether oxygens (including phenoxy) is 4. The number of carbonyl (C=O) groups is 1. The molecule has 0 spiro atoms. The first-order chi connectivity index (χ1) is 12.7. The fraction of sp³-hybridized carbons (Fsp3) is 0.200. The van der Waals surface area contributed by atoms with Gasteiger partial charge in [0.1, 0.15) is 0 Å². The van der Waals surface area contributed by atoms with Crippen molar-refractivity contribution < 1.29 is 23.7 Å². The molecule has 26 heavy (non-hydrogen) atoms. The second-order valence-corrected chi connectivity index (χ2v) is 5.80. The van der Waals surface area contributed by atoms with Crippen molar-refractivity contribution in [2.45, 2.75) is 0 Å². The zero-order valence-corrected chi connectivity index (χ0v) is 14.9. The van der Waals surface area contributed by atoms with Crippen LogP contribution >= 0.6 is 0 Å². The van der Waals surface area contributed by atoms with E-state index in [0.717, 1.165) is 21.7 Å². The third kappa shape index (κ3) is 1.98. The van der Waals surface area contributed by atoms with Gasteiger partial charge in [0.05, 0.1) is 39.2 Å². The van der Waals surface area contributed by atoms with E-state index < -0.39 is 0 Å². The predicted octanol–water partition coefficient (Wildman–Crippen LogP) is 2.48. The topological polar surface area (TPSA) is 66.9 Å². The SMILES string of the molecule is COC1=c2c(cc3c(OC)c(OC)c(OC)c4ccnc2c43)C=CC1=O. The summed E-state index contributed by atoms with van der Waals surface area (Å²) in [4.78, 5) is 16.8. The minimum Gasteiger partial charge on any atom is -0.492 e. The molecule has 3 aromatic rings. The van der Waals surface area contributed by atoms with Crippen LogP contribution in [0.15, 0.2) is 24.4 Å². The molecule has 132 valence electrons. The second kappa shape index (κ2) is 5.91. The number of nitrogens with zero attached hydrogens (tertiary/aromatic N) is 1. The molecule has 0 saturated carbocycles. The number of carbonyl (C=O) groups excluding carboxylic acids is 1. The minimum atomic E-state index is -0.186. The number of aromatic nitrogens is 1. The van der Waals surface area contributed by atoms with Crippen molar-refractivity contribution in [3.05, 3.63) is 35.2 Å². The highest BCUT2D eigenvalue weighted by Gasteiger charge is 2.25. The molecular weight excluding hydrogens is 334 g/mol. The summed E-state index contributed by atoms with van der Waals surface area (Å²) in [5.74, 6) is 1.72. The van der Waals surface area contributed by atoms with Gasteiger partial charge in [-0.05, 0) is 23.8 Å². The normalized spacial score (nSPS) is 13.2. The summed E-state index contributed by atoms with van der Waals surface area (Å²) in [6, 6.07) is 3.81. The standard InChI is InChI=1S/C20H17NO5/c1-23-17-11-7-8-21-16-14-10(5-6-13(22)19(14)25-3)9-12(15(11)16)18(24-2)20(17)26-4/h5-9H,1-4H3. The molecule has 0 N–H and O–H groups in total. The monoisotopic (exact) mass is 351 g/mol. The van der Waals surface area contributed by atoms with Crippen molar-refractivity contribution in [2.75, 3.05) is 28.4 Å². The number of ketones is 1. The Labute approximate surface area is 149 Å². The van der Waals surface area contributed by atoms with Gasteiger partial charge in [-0.1, -0.05) is 6.08 Å². The summed E-state index contributed by atoms with van der Waals surface area (Å²) in [5.41, 5.74) is 1.49. The van der Waals surface area contributed by atoms with E-state index >= 15 is 0 Å². The largest absolute Gasteiger partial charge is 0.492 e. The van der Waals surface area contributed by atoms with Crippen LogP contribution in [-0.4, -0.2) is 39.2 Å². The van der Waals surface area contributed by atoms with Crippen LogP contribution in [0.2, 0.25) is 0 Å². The second-order valence-electron chi connectivity index (χ2n) is 5.80. The highest BCUT2D eigenvalue weighted by atomic mass is 16.5. The van der Waals surface area contributed by atoms with Gasteiger partial charge in [-0.15, -0.1) is 0 Å². The van der Waals surface area contributed by atoms with Crippen molar-refractivity contribution in [3.63, 3.8) is 0 Å². The zero-order chi connectivity index (χ0) is 18.4. The Morgan fingerprint density at radius 2 is 1.54 bits per heavy atom. The maximum atomic E-state index is 12.3. The fourth-order valence-electron chi connectivity index (χ4n) is 3.60. The Hall–Kier alpha value is -3.28. The molecule has 0 saturated heterocycles. The van der Waals surface area contributed by atoms with Crippen molar-refractivity contribution >= 4 is 39.3 Å². The van der Waals surface area contributed by atoms with E-state index in [9.17, 15) is 4.79 Å². The van der Waals surface area contributed by atoms with Gasteiger partial charge in [-0.2, -0.15) is 0 Å². The average Bonchev–Trinajstić information content (AvgIpc) is 2.67. The molecule has 2 aromatic carbocycles. The maximum absolute atomic E-state index is 12.3. The van der Waals surface area contributed by atoms with E-state index in [1.807, 2.05) is 12.1 Å². The lowest BCUT2D eigenvalue weighted by Gasteiger charge is -2.19. The molecule has 6 nitrogen and oxygen atoms in total. The summed E-state index contributed by atoms with van der Waals surface area (Å²) in [6.07, 6.45) is 4.94. The van der Waals surface area contributed by atoms with Crippen molar-refractivity contribution in [1.29, 1.82) is 0 Å². The number of fused-ring (bicyclic) bond motifs is 2. The Bertz CT molecular complexity index is 1150. The lowest BCUT2D eigenvalue weighted by molar-refractivity contribution is -0.111. The average molecular weight is 351 g/mol. The number of benzene rings is 2. The molecule has 0 radical (unpaired) electrons. The van der Waals surface area contributed by atoms with Crippen molar-refractivity contribution in [3.8, 4) is 17.2 Å². The molecule has 0 aliphatic heterocycles. The lowest BCUT2D eigenvalue weighted by Crippen LogP contribution is -2.22. The molecule has 1 aromatic heterocycles. The van der Waals surface area contributed by atoms with Crippen LogP contribution in [-0.2, 0) is 9.53 Å². The maximum Gasteiger partial charge on any atom is 0.221 e. The number of methoxy groups -OCH3 is 4. The van der Waals surface area contributed by atoms with Crippen LogP contribution in [0.5, 0.6) is 17.2 Å². The van der Waals surface area contributed by atoms with Crippen LogP contribution in [0.3, 0.4) is 0 Å². The molecule has 4 rings (SSSR count). The van der Waals surface area contributed by atoms with Crippen LogP contribution in [0.25, 0.3) is 33.5 Å². The number of hydrogen-bond donors (Lipinski definition) is 0. The van der Waals surface area contributed by atoms with E-state index in [2.05, 4.69) is 4.98 Å². The number of rotatable bonds is 4. The molecule has 0 amide bonds. The van der Waals surface area contributed by atoms with E-state index in [-0.39, 0.29) is 11.5 Å². The van der Waals surface area contributed by atoms with Gasteiger partial charge in [-0.3, -0.25) is 9.78 Å². The summed E-state index contributed by atoms with van der Waals surface area (Å²) < 4.78 is 22.2. The van der Waals surface area contributed by atoms with Crippen LogP contribution < -0.4 is 19.4 Å². The van der Waals surface area contributed by atoms with Crippen LogP contribution in [0, 0.1) is 0 Å². The molecular formula is C20H17NO5. The fourth-order valence-corrected chi connectivity index (χ4v) is 3.60. The first-order valence-corrected chi connectivity index (χ1v) is 8.00. The van der Waals surface area contributed by atoms with Gasteiger partial charge < -0.3 is 18.9 Å². The summed E-state index contributed by atoms with van der Waals surface area (Å²) in [7, 11) is 6.23. The molecule has 0 bridgehead atoms. The molecule has 0 unspecified atom stereocenters. The highest BCUT2D eigenvalue weighted by Crippen LogP contribution is 2.48. The molecule has 1 aliphatic rings. The zero-order valence-electron chi connectivity index (χ0n) is 14.9. The van der Waals surface area contributed by atoms with Gasteiger partial charge >= 0.3 is 0 Å². The summed E-state index contributed by atoms with van der Waals surface area (Å²) in [5, 5.41) is 3.16. The van der Waals surface area contributed by atoms with Crippen molar-refractivity contribution in [2.24, 2.45) is 0 Å². The first-order valence-electron chi connectivity index (χ1n) is 8.00. The molecule has 0 fully saturated rings. The molecule has 6 heteroatoms. The van der Waals surface area contributed by atoms with Gasteiger partial charge in [0.2, 0.25) is 11.5 Å². The van der Waals surface area contributed by atoms with Gasteiger partial charge in [0.25, 0.3) is 0 Å². The third-order valence-corrected chi connectivity index (χ3v) is 4.63. The Morgan fingerprint density at radius 1 is 0.846 bits per heavy atom. The van der Waals surface area contributed by atoms with Gasteiger partial charge in [-0.25, -0.2) is 0 Å². The van der Waals surface area contributed by atoms with E-state index in [1.165, 1.54) is 13.2 Å². The van der Waals surface area contributed by atoms with E-state index in [0.29, 0.717) is 28.0 Å². The smallest absolute Gasteiger partial charge is 0.221 e. The Morgan fingerprint density at radius 3 is 2.19 bits per heavy atom. The summed E-state index contributed by atoms with van der Waals surface area (Å²) >= 11 is 0. The van der Waals surface area contributed by atoms with Gasteiger partial charge in [0, 0.05) is 22.4 Å². The van der Waals surface area contributed by atoms with E-state index in [1.54, 1.807) is 33.6 Å². The minimum absolute atomic E-state index is 0.186. The highest BCUT2D eigenvalue weighted by molar-refractivity contribution is 6.25. The Kier molecular flexibility index (Phi) is 3.68. The molecule has 1 aliphatic carbocycles. The predicted molar refractivity (Wildman–Crippen MR) is 98.6 cm³/mol. The quantitative estimate of drug-likeness (QED) is 0.719. The van der Waals surface area contributed by atoms with Gasteiger partial charge in [0.15, 0.2) is 17.3 Å². The lowest BCUT2D eigenvalue weighted by atomic mass is 9.94. The van der Waals surface area contributed by atoms with Crippen LogP contribution in [0.4, 0.5) is 0 Å². The van der Waals surface area contributed by atoms with Crippen LogP contribution in [0.1, 0.15) is 5.56 Å². The third-order valence-electron chi connectivity index (χ3n) is 4.63. The first kappa shape index (κ1) is 16.2. The molecule has 1 heterocycles. The number of hydrogen-bond acceptors (Lipinski definition) is 6. The molecule has 0 atom stereocenters.